The fraction of sp³-hybridized carbons (Fsp3) is 0.353. The SMILES string of the molecule is CN(C)c1ncnc2c1c(-c1ccc(F)cc1)nn2C(C)(C)C. The van der Waals surface area contributed by atoms with Crippen molar-refractivity contribution in [3.63, 3.8) is 0 Å². The molecule has 0 atom stereocenters. The molecule has 3 rings (SSSR count). The molecule has 6 heteroatoms. The summed E-state index contributed by atoms with van der Waals surface area (Å²) in [4.78, 5) is 10.8. The Morgan fingerprint density at radius 2 is 1.70 bits per heavy atom. The summed E-state index contributed by atoms with van der Waals surface area (Å²) >= 11 is 0. The van der Waals surface area contributed by atoms with Crippen molar-refractivity contribution in [2.24, 2.45) is 0 Å². The minimum absolute atomic E-state index is 0.228. The van der Waals surface area contributed by atoms with Gasteiger partial charge in [-0.3, -0.25) is 0 Å². The maximum absolute atomic E-state index is 13.3. The summed E-state index contributed by atoms with van der Waals surface area (Å²) in [6.45, 7) is 6.22. The number of hydrogen-bond donors (Lipinski definition) is 0. The van der Waals surface area contributed by atoms with Gasteiger partial charge in [0, 0.05) is 19.7 Å². The molecule has 0 fully saturated rings. The first kappa shape index (κ1) is 15.4. The summed E-state index contributed by atoms with van der Waals surface area (Å²) in [5.41, 5.74) is 2.15. The Balaban J connectivity index is 2.38. The quantitative estimate of drug-likeness (QED) is 0.727. The lowest BCUT2D eigenvalue weighted by atomic mass is 10.1. The van der Waals surface area contributed by atoms with E-state index in [9.17, 15) is 4.39 Å². The Bertz CT molecular complexity index is 844. The number of rotatable bonds is 2. The molecule has 23 heavy (non-hydrogen) atoms. The predicted molar refractivity (Wildman–Crippen MR) is 90.0 cm³/mol. The van der Waals surface area contributed by atoms with Gasteiger partial charge in [0.1, 0.15) is 23.7 Å². The van der Waals surface area contributed by atoms with Gasteiger partial charge in [0.25, 0.3) is 0 Å². The van der Waals surface area contributed by atoms with E-state index in [0.29, 0.717) is 0 Å². The van der Waals surface area contributed by atoms with Gasteiger partial charge < -0.3 is 4.90 Å². The number of hydrogen-bond acceptors (Lipinski definition) is 4. The fourth-order valence-corrected chi connectivity index (χ4v) is 2.55. The zero-order valence-corrected chi connectivity index (χ0v) is 14.0. The number of halogens is 1. The second-order valence-corrected chi connectivity index (χ2v) is 6.73. The van der Waals surface area contributed by atoms with Gasteiger partial charge in [-0.2, -0.15) is 5.10 Å². The number of anilines is 1. The molecule has 1 aromatic carbocycles. The molecule has 5 nitrogen and oxygen atoms in total. The fourth-order valence-electron chi connectivity index (χ4n) is 2.55. The Kier molecular flexibility index (Phi) is 3.55. The molecular weight excluding hydrogens is 293 g/mol. The molecule has 0 amide bonds. The van der Waals surface area contributed by atoms with Crippen LogP contribution < -0.4 is 4.90 Å². The smallest absolute Gasteiger partial charge is 0.164 e. The zero-order valence-electron chi connectivity index (χ0n) is 14.0. The van der Waals surface area contributed by atoms with E-state index in [1.54, 1.807) is 18.5 Å². The molecule has 0 bridgehead atoms. The molecule has 0 aliphatic heterocycles. The molecule has 0 saturated heterocycles. The molecular formula is C17H20FN5. The van der Waals surface area contributed by atoms with E-state index in [0.717, 1.165) is 28.1 Å². The summed E-state index contributed by atoms with van der Waals surface area (Å²) < 4.78 is 15.2. The minimum Gasteiger partial charge on any atom is -0.362 e. The van der Waals surface area contributed by atoms with E-state index in [-0.39, 0.29) is 11.4 Å². The van der Waals surface area contributed by atoms with E-state index in [2.05, 4.69) is 30.7 Å². The maximum Gasteiger partial charge on any atom is 0.164 e. The average Bonchev–Trinajstić information content (AvgIpc) is 2.87. The van der Waals surface area contributed by atoms with Crippen molar-refractivity contribution in [2.75, 3.05) is 19.0 Å². The Labute approximate surface area is 134 Å². The van der Waals surface area contributed by atoms with Gasteiger partial charge in [0.2, 0.25) is 0 Å². The summed E-state index contributed by atoms with van der Waals surface area (Å²) in [7, 11) is 3.87. The van der Waals surface area contributed by atoms with Crippen LogP contribution in [0.2, 0.25) is 0 Å². The summed E-state index contributed by atoms with van der Waals surface area (Å²) in [6, 6.07) is 6.35. The first-order valence-electron chi connectivity index (χ1n) is 7.46. The second kappa shape index (κ2) is 5.30. The first-order chi connectivity index (χ1) is 10.8. The van der Waals surface area contributed by atoms with Crippen LogP contribution in [-0.4, -0.2) is 33.8 Å². The Hall–Kier alpha value is -2.50. The summed E-state index contributed by atoms with van der Waals surface area (Å²) in [5, 5.41) is 5.64. The van der Waals surface area contributed by atoms with Crippen molar-refractivity contribution < 1.29 is 4.39 Å². The van der Waals surface area contributed by atoms with Gasteiger partial charge in [-0.05, 0) is 45.0 Å². The number of benzene rings is 1. The summed E-state index contributed by atoms with van der Waals surface area (Å²) in [5.74, 6) is 0.530. The van der Waals surface area contributed by atoms with E-state index in [1.165, 1.54) is 12.1 Å². The van der Waals surface area contributed by atoms with Crippen molar-refractivity contribution in [1.29, 1.82) is 0 Å². The van der Waals surface area contributed by atoms with E-state index in [1.807, 2.05) is 23.7 Å². The topological polar surface area (TPSA) is 46.8 Å². The Morgan fingerprint density at radius 3 is 2.26 bits per heavy atom. The standard InChI is InChI=1S/C17H20FN5/c1-17(2,3)23-16-13(15(22(4)5)19-10-20-16)14(21-23)11-6-8-12(18)9-7-11/h6-10H,1-5H3. The highest BCUT2D eigenvalue weighted by Crippen LogP contribution is 2.34. The third-order valence-electron chi connectivity index (χ3n) is 3.62. The van der Waals surface area contributed by atoms with Crippen LogP contribution in [0, 0.1) is 5.82 Å². The van der Waals surface area contributed by atoms with Crippen molar-refractivity contribution in [2.45, 2.75) is 26.3 Å². The van der Waals surface area contributed by atoms with Crippen LogP contribution >= 0.6 is 0 Å². The van der Waals surface area contributed by atoms with Crippen LogP contribution in [0.1, 0.15) is 20.8 Å². The van der Waals surface area contributed by atoms with E-state index < -0.39 is 0 Å². The zero-order chi connectivity index (χ0) is 16.8. The van der Waals surface area contributed by atoms with Crippen LogP contribution in [0.4, 0.5) is 10.2 Å². The highest BCUT2D eigenvalue weighted by molar-refractivity contribution is 5.99. The van der Waals surface area contributed by atoms with Gasteiger partial charge in [-0.1, -0.05) is 0 Å². The molecule has 0 radical (unpaired) electrons. The number of nitrogens with zero attached hydrogens (tertiary/aromatic N) is 5. The first-order valence-corrected chi connectivity index (χ1v) is 7.46. The normalized spacial score (nSPS) is 11.9. The molecule has 0 N–H and O–H groups in total. The Morgan fingerprint density at radius 1 is 1.04 bits per heavy atom. The average molecular weight is 313 g/mol. The third kappa shape index (κ3) is 2.65. The van der Waals surface area contributed by atoms with Gasteiger partial charge in [-0.15, -0.1) is 0 Å². The molecule has 2 heterocycles. The van der Waals surface area contributed by atoms with Crippen LogP contribution in [0.5, 0.6) is 0 Å². The highest BCUT2D eigenvalue weighted by Gasteiger charge is 2.24. The maximum atomic E-state index is 13.3. The molecule has 0 spiro atoms. The van der Waals surface area contributed by atoms with Gasteiger partial charge in [0.15, 0.2) is 5.65 Å². The molecule has 0 unspecified atom stereocenters. The highest BCUT2D eigenvalue weighted by atomic mass is 19.1. The van der Waals surface area contributed by atoms with E-state index >= 15 is 0 Å². The van der Waals surface area contributed by atoms with Crippen LogP contribution in [0.25, 0.3) is 22.3 Å². The minimum atomic E-state index is -0.266. The van der Waals surface area contributed by atoms with Crippen LogP contribution in [0.15, 0.2) is 30.6 Å². The van der Waals surface area contributed by atoms with Crippen molar-refractivity contribution in [3.05, 3.63) is 36.4 Å². The molecule has 0 aliphatic rings. The molecule has 0 saturated carbocycles. The third-order valence-corrected chi connectivity index (χ3v) is 3.62. The number of aromatic nitrogens is 4. The monoisotopic (exact) mass is 313 g/mol. The van der Waals surface area contributed by atoms with Crippen LogP contribution in [-0.2, 0) is 5.54 Å². The molecule has 120 valence electrons. The van der Waals surface area contributed by atoms with Gasteiger partial charge in [-0.25, -0.2) is 19.0 Å². The van der Waals surface area contributed by atoms with Gasteiger partial charge >= 0.3 is 0 Å². The largest absolute Gasteiger partial charge is 0.362 e. The van der Waals surface area contributed by atoms with Crippen LogP contribution in [0.3, 0.4) is 0 Å². The van der Waals surface area contributed by atoms with Crippen molar-refractivity contribution >= 4 is 16.9 Å². The molecule has 2 aromatic heterocycles. The predicted octanol–water partition coefficient (Wildman–Crippen LogP) is 3.45. The lowest BCUT2D eigenvalue weighted by Gasteiger charge is -2.20. The number of fused-ring (bicyclic) bond motifs is 1. The lowest BCUT2D eigenvalue weighted by Crippen LogP contribution is -2.23. The van der Waals surface area contributed by atoms with Crippen molar-refractivity contribution in [1.82, 2.24) is 19.7 Å². The van der Waals surface area contributed by atoms with Gasteiger partial charge in [0.05, 0.1) is 10.9 Å². The second-order valence-electron chi connectivity index (χ2n) is 6.73. The van der Waals surface area contributed by atoms with E-state index in [4.69, 9.17) is 5.10 Å². The summed E-state index contributed by atoms with van der Waals surface area (Å²) in [6.07, 6.45) is 1.55. The molecule has 3 aromatic rings. The molecule has 0 aliphatic carbocycles. The van der Waals surface area contributed by atoms with Crippen molar-refractivity contribution in [3.8, 4) is 11.3 Å². The lowest BCUT2D eigenvalue weighted by molar-refractivity contribution is 0.366.